The first kappa shape index (κ1) is 14.9. The molecule has 1 aliphatic rings. The van der Waals surface area contributed by atoms with Crippen LogP contribution in [0.3, 0.4) is 0 Å². The van der Waals surface area contributed by atoms with Crippen LogP contribution in [0.15, 0.2) is 21.1 Å². The van der Waals surface area contributed by atoms with Gasteiger partial charge in [-0.2, -0.15) is 0 Å². The largest absolute Gasteiger partial charge is 0.335 e. The maximum Gasteiger partial charge on any atom is 0.319 e. The zero-order valence-electron chi connectivity index (χ0n) is 10.9. The van der Waals surface area contributed by atoms with Gasteiger partial charge < -0.3 is 10.6 Å². The Bertz CT molecular complexity index is 448. The van der Waals surface area contributed by atoms with Gasteiger partial charge in [0.15, 0.2) is 0 Å². The molecule has 5 heteroatoms. The Morgan fingerprint density at radius 2 is 1.74 bits per heavy atom. The fourth-order valence-electron chi connectivity index (χ4n) is 2.40. The highest BCUT2D eigenvalue weighted by Crippen LogP contribution is 2.32. The highest BCUT2D eigenvalue weighted by molar-refractivity contribution is 9.11. The number of halogens is 2. The van der Waals surface area contributed by atoms with Crippen LogP contribution in [0.1, 0.15) is 37.7 Å². The molecule has 1 saturated carbocycles. The topological polar surface area (TPSA) is 41.1 Å². The Labute approximate surface area is 130 Å². The summed E-state index contributed by atoms with van der Waals surface area (Å²) in [6.45, 7) is 2.02. The van der Waals surface area contributed by atoms with Gasteiger partial charge in [-0.1, -0.05) is 19.3 Å². The molecule has 3 nitrogen and oxygen atoms in total. The lowest BCUT2D eigenvalue weighted by Crippen LogP contribution is -2.39. The lowest BCUT2D eigenvalue weighted by atomic mass is 9.96. The molecule has 0 radical (unpaired) electrons. The van der Waals surface area contributed by atoms with Crippen LogP contribution in [0.5, 0.6) is 0 Å². The van der Waals surface area contributed by atoms with Crippen molar-refractivity contribution in [2.45, 2.75) is 45.1 Å². The molecular weight excluding hydrogens is 372 g/mol. The quantitative estimate of drug-likeness (QED) is 0.736. The summed E-state index contributed by atoms with van der Waals surface area (Å²) in [4.78, 5) is 12.0. The maximum atomic E-state index is 12.0. The van der Waals surface area contributed by atoms with E-state index in [1.165, 1.54) is 19.3 Å². The van der Waals surface area contributed by atoms with Gasteiger partial charge >= 0.3 is 6.03 Å². The van der Waals surface area contributed by atoms with E-state index in [4.69, 9.17) is 0 Å². The van der Waals surface area contributed by atoms with E-state index in [9.17, 15) is 4.79 Å². The average Bonchev–Trinajstić information content (AvgIpc) is 2.35. The Kier molecular flexibility index (Phi) is 5.28. The molecular formula is C14H18Br2N2O. The van der Waals surface area contributed by atoms with Gasteiger partial charge in [0.2, 0.25) is 0 Å². The number of urea groups is 1. The summed E-state index contributed by atoms with van der Waals surface area (Å²) in [6.07, 6.45) is 5.88. The molecule has 2 rings (SSSR count). The van der Waals surface area contributed by atoms with Crippen molar-refractivity contribution in [1.29, 1.82) is 0 Å². The SMILES string of the molecule is Cc1cc(Br)c(NC(=O)NC2CCCCC2)c(Br)c1. The van der Waals surface area contributed by atoms with Crippen molar-refractivity contribution < 1.29 is 4.79 Å². The van der Waals surface area contributed by atoms with Crippen molar-refractivity contribution in [2.24, 2.45) is 0 Å². The van der Waals surface area contributed by atoms with Crippen molar-refractivity contribution in [2.75, 3.05) is 5.32 Å². The monoisotopic (exact) mass is 388 g/mol. The lowest BCUT2D eigenvalue weighted by molar-refractivity contribution is 0.244. The smallest absolute Gasteiger partial charge is 0.319 e. The number of amides is 2. The molecule has 0 spiro atoms. The maximum absolute atomic E-state index is 12.0. The lowest BCUT2D eigenvalue weighted by Gasteiger charge is -2.23. The van der Waals surface area contributed by atoms with Crippen LogP contribution in [-0.4, -0.2) is 12.1 Å². The molecule has 0 bridgehead atoms. The fourth-order valence-corrected chi connectivity index (χ4v) is 4.01. The van der Waals surface area contributed by atoms with Crippen molar-refractivity contribution in [1.82, 2.24) is 5.32 Å². The predicted molar refractivity (Wildman–Crippen MR) is 85.6 cm³/mol. The highest BCUT2D eigenvalue weighted by atomic mass is 79.9. The summed E-state index contributed by atoms with van der Waals surface area (Å²) in [7, 11) is 0. The molecule has 1 aromatic rings. The fraction of sp³-hybridized carbons (Fsp3) is 0.500. The summed E-state index contributed by atoms with van der Waals surface area (Å²) in [5.74, 6) is 0. The molecule has 0 heterocycles. The first-order valence-corrected chi connectivity index (χ1v) is 8.18. The summed E-state index contributed by atoms with van der Waals surface area (Å²) in [5, 5.41) is 5.95. The van der Waals surface area contributed by atoms with E-state index < -0.39 is 0 Å². The molecule has 19 heavy (non-hydrogen) atoms. The average molecular weight is 390 g/mol. The van der Waals surface area contributed by atoms with E-state index in [0.29, 0.717) is 6.04 Å². The van der Waals surface area contributed by atoms with Crippen LogP contribution >= 0.6 is 31.9 Å². The molecule has 2 amide bonds. The Morgan fingerprint density at radius 1 is 1.16 bits per heavy atom. The van der Waals surface area contributed by atoms with E-state index in [2.05, 4.69) is 42.5 Å². The van der Waals surface area contributed by atoms with Gasteiger partial charge in [0.25, 0.3) is 0 Å². The molecule has 0 atom stereocenters. The van der Waals surface area contributed by atoms with Crippen LogP contribution in [0.4, 0.5) is 10.5 Å². The van der Waals surface area contributed by atoms with E-state index in [1.54, 1.807) is 0 Å². The number of anilines is 1. The van der Waals surface area contributed by atoms with Gasteiger partial charge in [0.05, 0.1) is 5.69 Å². The number of nitrogens with one attached hydrogen (secondary N) is 2. The third kappa shape index (κ3) is 4.21. The second-order valence-corrected chi connectivity index (χ2v) is 6.75. The van der Waals surface area contributed by atoms with E-state index in [0.717, 1.165) is 33.0 Å². The van der Waals surface area contributed by atoms with Gasteiger partial charge in [-0.25, -0.2) is 4.79 Å². The number of carbonyl (C=O) groups is 1. The van der Waals surface area contributed by atoms with Crippen LogP contribution in [0.2, 0.25) is 0 Å². The van der Waals surface area contributed by atoms with Gasteiger partial charge in [0.1, 0.15) is 0 Å². The molecule has 0 saturated heterocycles. The highest BCUT2D eigenvalue weighted by Gasteiger charge is 2.17. The van der Waals surface area contributed by atoms with Gasteiger partial charge in [-0.15, -0.1) is 0 Å². The number of carbonyl (C=O) groups excluding carboxylic acids is 1. The number of aryl methyl sites for hydroxylation is 1. The summed E-state index contributed by atoms with van der Waals surface area (Å²) in [6, 6.07) is 4.16. The van der Waals surface area contributed by atoms with Gasteiger partial charge in [0, 0.05) is 15.0 Å². The van der Waals surface area contributed by atoms with Crippen LogP contribution in [0, 0.1) is 6.92 Å². The zero-order chi connectivity index (χ0) is 13.8. The second-order valence-electron chi connectivity index (χ2n) is 5.04. The predicted octanol–water partition coefficient (Wildman–Crippen LogP) is 4.97. The Balaban J connectivity index is 1.98. The van der Waals surface area contributed by atoms with Gasteiger partial charge in [-0.05, 0) is 69.3 Å². The van der Waals surface area contributed by atoms with Gasteiger partial charge in [-0.3, -0.25) is 0 Å². The standard InChI is InChI=1S/C14H18Br2N2O/c1-9-7-11(15)13(12(16)8-9)18-14(19)17-10-5-3-2-4-6-10/h7-8,10H,2-6H2,1H3,(H2,17,18,19). The summed E-state index contributed by atoms with van der Waals surface area (Å²) < 4.78 is 1.77. The first-order valence-electron chi connectivity index (χ1n) is 6.59. The van der Waals surface area contributed by atoms with E-state index in [1.807, 2.05) is 19.1 Å². The minimum atomic E-state index is -0.128. The number of benzene rings is 1. The van der Waals surface area contributed by atoms with Crippen molar-refractivity contribution in [3.63, 3.8) is 0 Å². The zero-order valence-corrected chi connectivity index (χ0v) is 14.1. The minimum absolute atomic E-state index is 0.128. The van der Waals surface area contributed by atoms with Crippen LogP contribution in [-0.2, 0) is 0 Å². The number of rotatable bonds is 2. The molecule has 0 unspecified atom stereocenters. The molecule has 1 fully saturated rings. The third-order valence-corrected chi connectivity index (χ3v) is 4.62. The van der Waals surface area contributed by atoms with Crippen molar-refractivity contribution in [3.8, 4) is 0 Å². The van der Waals surface area contributed by atoms with Crippen LogP contribution < -0.4 is 10.6 Å². The summed E-state index contributed by atoms with van der Waals surface area (Å²) >= 11 is 6.96. The molecule has 104 valence electrons. The molecule has 2 N–H and O–H groups in total. The third-order valence-electron chi connectivity index (χ3n) is 3.37. The molecule has 0 aromatic heterocycles. The van der Waals surface area contributed by atoms with Crippen LogP contribution in [0.25, 0.3) is 0 Å². The molecule has 0 aliphatic heterocycles. The Hall–Kier alpha value is -0.550. The van der Waals surface area contributed by atoms with Crippen molar-refractivity contribution >= 4 is 43.6 Å². The Morgan fingerprint density at radius 3 is 2.32 bits per heavy atom. The molecule has 1 aromatic carbocycles. The molecule has 1 aliphatic carbocycles. The van der Waals surface area contributed by atoms with E-state index in [-0.39, 0.29) is 6.03 Å². The van der Waals surface area contributed by atoms with E-state index >= 15 is 0 Å². The normalized spacial score (nSPS) is 16.2. The number of hydrogen-bond acceptors (Lipinski definition) is 1. The summed E-state index contributed by atoms with van der Waals surface area (Å²) in [5.41, 5.74) is 1.91. The van der Waals surface area contributed by atoms with Crippen molar-refractivity contribution in [3.05, 3.63) is 26.6 Å². The minimum Gasteiger partial charge on any atom is -0.335 e. The first-order chi connectivity index (χ1) is 9.06. The number of hydrogen-bond donors (Lipinski definition) is 2. The second kappa shape index (κ2) is 6.75.